The second kappa shape index (κ2) is 6.62. The van der Waals surface area contributed by atoms with Gasteiger partial charge in [0.2, 0.25) is 0 Å². The molecule has 2 nitrogen and oxygen atoms in total. The second-order valence-corrected chi connectivity index (χ2v) is 8.28. The van der Waals surface area contributed by atoms with Crippen molar-refractivity contribution in [2.24, 2.45) is 5.92 Å². The van der Waals surface area contributed by atoms with Gasteiger partial charge in [0.25, 0.3) is 0 Å². The summed E-state index contributed by atoms with van der Waals surface area (Å²) in [6, 6.07) is 7.72. The van der Waals surface area contributed by atoms with Gasteiger partial charge in [-0.15, -0.1) is 0 Å². The van der Waals surface area contributed by atoms with Crippen LogP contribution in [0.25, 0.3) is 0 Å². The van der Waals surface area contributed by atoms with Crippen LogP contribution in [0.5, 0.6) is 0 Å². The molecule has 1 heterocycles. The third-order valence-corrected chi connectivity index (χ3v) is 5.44. The van der Waals surface area contributed by atoms with Crippen LogP contribution in [0.15, 0.2) is 18.2 Å². The highest BCUT2D eigenvalue weighted by atomic mass is 15.1. The average Bonchev–Trinajstić information content (AvgIpc) is 2.45. The minimum Gasteiger partial charge on any atom is -0.371 e. The maximum Gasteiger partial charge on any atom is 0.0396 e. The number of rotatable bonds is 3. The fourth-order valence-corrected chi connectivity index (χ4v) is 3.52. The van der Waals surface area contributed by atoms with E-state index >= 15 is 0 Å². The van der Waals surface area contributed by atoms with Crippen LogP contribution in [0.4, 0.5) is 5.69 Å². The number of anilines is 1. The highest BCUT2D eigenvalue weighted by molar-refractivity contribution is 5.55. The molecule has 0 amide bonds. The Hall–Kier alpha value is -1.02. The van der Waals surface area contributed by atoms with Crippen molar-refractivity contribution in [3.05, 3.63) is 29.3 Å². The number of benzene rings is 1. The Morgan fingerprint density at radius 1 is 1.14 bits per heavy atom. The number of aryl methyl sites for hydroxylation is 1. The molecule has 0 N–H and O–H groups in total. The van der Waals surface area contributed by atoms with Gasteiger partial charge in [0.1, 0.15) is 0 Å². The molecule has 1 unspecified atom stereocenters. The first-order valence-electron chi connectivity index (χ1n) is 8.72. The van der Waals surface area contributed by atoms with E-state index in [0.717, 1.165) is 5.92 Å². The zero-order chi connectivity index (χ0) is 16.5. The van der Waals surface area contributed by atoms with Crippen LogP contribution in [-0.4, -0.2) is 38.1 Å². The van der Waals surface area contributed by atoms with Crippen molar-refractivity contribution in [2.45, 2.75) is 58.9 Å². The molecule has 1 aromatic carbocycles. The van der Waals surface area contributed by atoms with Crippen molar-refractivity contribution in [1.29, 1.82) is 0 Å². The molecule has 1 aliphatic rings. The molecule has 0 spiro atoms. The van der Waals surface area contributed by atoms with E-state index in [2.05, 4.69) is 76.7 Å². The van der Waals surface area contributed by atoms with Gasteiger partial charge in [0.15, 0.2) is 0 Å². The predicted octanol–water partition coefficient (Wildman–Crippen LogP) is 4.46. The summed E-state index contributed by atoms with van der Waals surface area (Å²) in [5, 5.41) is 0. The average molecular weight is 303 g/mol. The van der Waals surface area contributed by atoms with Crippen LogP contribution >= 0.6 is 0 Å². The molecule has 0 saturated carbocycles. The number of nitrogens with zero attached hydrogens (tertiary/aromatic N) is 2. The van der Waals surface area contributed by atoms with E-state index in [1.165, 1.54) is 42.7 Å². The first kappa shape index (κ1) is 17.3. The first-order chi connectivity index (χ1) is 10.2. The van der Waals surface area contributed by atoms with Crippen LogP contribution in [0.1, 0.15) is 51.7 Å². The van der Waals surface area contributed by atoms with Crippen LogP contribution < -0.4 is 4.90 Å². The molecule has 1 atom stereocenters. The monoisotopic (exact) mass is 302 g/mol. The summed E-state index contributed by atoms with van der Waals surface area (Å²) >= 11 is 0. The lowest BCUT2D eigenvalue weighted by molar-refractivity contribution is 0.199. The van der Waals surface area contributed by atoms with Crippen molar-refractivity contribution >= 4 is 5.69 Å². The van der Waals surface area contributed by atoms with E-state index in [9.17, 15) is 0 Å². The summed E-state index contributed by atoms with van der Waals surface area (Å²) in [5.74, 6) is 0.834. The van der Waals surface area contributed by atoms with Gasteiger partial charge in [-0.1, -0.05) is 32.9 Å². The Morgan fingerprint density at radius 2 is 1.73 bits per heavy atom. The van der Waals surface area contributed by atoms with Crippen molar-refractivity contribution in [2.75, 3.05) is 32.1 Å². The van der Waals surface area contributed by atoms with Crippen molar-refractivity contribution in [3.8, 4) is 0 Å². The van der Waals surface area contributed by atoms with E-state index in [-0.39, 0.29) is 5.41 Å². The second-order valence-electron chi connectivity index (χ2n) is 8.28. The molecule has 1 aromatic rings. The first-order valence-corrected chi connectivity index (χ1v) is 8.72. The molecule has 0 aliphatic carbocycles. The molecule has 0 radical (unpaired) electrons. The third kappa shape index (κ3) is 3.84. The fraction of sp³-hybridized carbons (Fsp3) is 0.700. The molecule has 0 aromatic heterocycles. The maximum atomic E-state index is 2.58. The lowest BCUT2D eigenvalue weighted by Crippen LogP contribution is -2.41. The van der Waals surface area contributed by atoms with Gasteiger partial charge in [0, 0.05) is 24.8 Å². The Morgan fingerprint density at radius 3 is 2.18 bits per heavy atom. The molecule has 1 fully saturated rings. The van der Waals surface area contributed by atoms with Crippen LogP contribution in [0.3, 0.4) is 0 Å². The van der Waals surface area contributed by atoms with E-state index < -0.39 is 0 Å². The SMILES string of the molecule is Cc1cc(C(C)(C)C)ccc1N1CCC(C(C)N(C)C)CC1. The van der Waals surface area contributed by atoms with Gasteiger partial charge in [-0.25, -0.2) is 0 Å². The maximum absolute atomic E-state index is 2.58. The molecule has 2 heteroatoms. The summed E-state index contributed by atoms with van der Waals surface area (Å²) in [4.78, 5) is 4.95. The van der Waals surface area contributed by atoms with Crippen LogP contribution in [-0.2, 0) is 5.41 Å². The van der Waals surface area contributed by atoms with Gasteiger partial charge in [-0.2, -0.15) is 0 Å². The fourth-order valence-electron chi connectivity index (χ4n) is 3.52. The molecule has 0 bridgehead atoms. The summed E-state index contributed by atoms with van der Waals surface area (Å²) in [5.41, 5.74) is 4.53. The Balaban J connectivity index is 2.06. The summed E-state index contributed by atoms with van der Waals surface area (Å²) in [7, 11) is 4.40. The molecule has 124 valence electrons. The van der Waals surface area contributed by atoms with Gasteiger partial charge in [0.05, 0.1) is 0 Å². The van der Waals surface area contributed by atoms with Crippen molar-refractivity contribution in [3.63, 3.8) is 0 Å². The normalized spacial score (nSPS) is 18.8. The quantitative estimate of drug-likeness (QED) is 0.813. The minimum atomic E-state index is 0.234. The highest BCUT2D eigenvalue weighted by Crippen LogP contribution is 2.31. The summed E-state index contributed by atoms with van der Waals surface area (Å²) < 4.78 is 0. The Labute approximate surface area is 137 Å². The zero-order valence-electron chi connectivity index (χ0n) is 15.6. The van der Waals surface area contributed by atoms with Gasteiger partial charge in [-0.05, 0) is 69.3 Å². The van der Waals surface area contributed by atoms with Gasteiger partial charge < -0.3 is 9.80 Å². The lowest BCUT2D eigenvalue weighted by atomic mass is 9.85. The van der Waals surface area contributed by atoms with Gasteiger partial charge >= 0.3 is 0 Å². The standard InChI is InChI=1S/C20H34N2/c1-15-14-18(20(3,4)5)8-9-19(15)22-12-10-17(11-13-22)16(2)21(6)7/h8-9,14,16-17H,10-13H2,1-7H3. The Bertz CT molecular complexity index is 491. The molecule has 2 rings (SSSR count). The predicted molar refractivity (Wildman–Crippen MR) is 98.0 cm³/mol. The largest absolute Gasteiger partial charge is 0.371 e. The summed E-state index contributed by atoms with van der Waals surface area (Å²) in [6.07, 6.45) is 2.61. The summed E-state index contributed by atoms with van der Waals surface area (Å²) in [6.45, 7) is 13.9. The lowest BCUT2D eigenvalue weighted by Gasteiger charge is -2.39. The van der Waals surface area contributed by atoms with E-state index in [4.69, 9.17) is 0 Å². The van der Waals surface area contributed by atoms with E-state index in [1.54, 1.807) is 0 Å². The number of hydrogen-bond acceptors (Lipinski definition) is 2. The van der Waals surface area contributed by atoms with Crippen LogP contribution in [0, 0.1) is 12.8 Å². The number of piperidine rings is 1. The van der Waals surface area contributed by atoms with Gasteiger partial charge in [-0.3, -0.25) is 0 Å². The van der Waals surface area contributed by atoms with Crippen molar-refractivity contribution < 1.29 is 0 Å². The molecule has 1 saturated heterocycles. The van der Waals surface area contributed by atoms with E-state index in [0.29, 0.717) is 6.04 Å². The van der Waals surface area contributed by atoms with Crippen molar-refractivity contribution in [1.82, 2.24) is 4.90 Å². The Kier molecular flexibility index (Phi) is 5.21. The van der Waals surface area contributed by atoms with E-state index in [1.807, 2.05) is 0 Å². The molecular formula is C20H34N2. The zero-order valence-corrected chi connectivity index (χ0v) is 15.6. The third-order valence-electron chi connectivity index (χ3n) is 5.44. The minimum absolute atomic E-state index is 0.234. The molecule has 1 aliphatic heterocycles. The smallest absolute Gasteiger partial charge is 0.0396 e. The topological polar surface area (TPSA) is 6.48 Å². The van der Waals surface area contributed by atoms with Crippen LogP contribution in [0.2, 0.25) is 0 Å². The highest BCUT2D eigenvalue weighted by Gasteiger charge is 2.26. The molecular weight excluding hydrogens is 268 g/mol. The molecule has 22 heavy (non-hydrogen) atoms. The number of hydrogen-bond donors (Lipinski definition) is 0.